The zero-order chi connectivity index (χ0) is 14.5. The topological polar surface area (TPSA) is 46.6 Å². The highest BCUT2D eigenvalue weighted by Crippen LogP contribution is 2.43. The Morgan fingerprint density at radius 2 is 2.10 bits per heavy atom. The summed E-state index contributed by atoms with van der Waals surface area (Å²) in [5.74, 6) is 0.389. The quantitative estimate of drug-likeness (QED) is 0.730. The lowest BCUT2D eigenvalue weighted by atomic mass is 9.83. The molecule has 0 radical (unpaired) electrons. The van der Waals surface area contributed by atoms with Crippen molar-refractivity contribution in [1.29, 1.82) is 0 Å². The maximum atomic E-state index is 12.3. The molecule has 3 rings (SSSR count). The highest BCUT2D eigenvalue weighted by atomic mass is 16.6. The molecular weight excluding hydrogens is 254 g/mol. The third-order valence-electron chi connectivity index (χ3n) is 3.75. The Kier molecular flexibility index (Phi) is 2.85. The van der Waals surface area contributed by atoms with Crippen molar-refractivity contribution in [3.63, 3.8) is 0 Å². The van der Waals surface area contributed by atoms with Gasteiger partial charge in [-0.25, -0.2) is 4.79 Å². The van der Waals surface area contributed by atoms with Gasteiger partial charge in [0.1, 0.15) is 11.4 Å². The summed E-state index contributed by atoms with van der Waals surface area (Å²) in [7, 11) is 0. The number of carbonyl (C=O) groups excluding carboxylic acids is 2. The predicted molar refractivity (Wildman–Crippen MR) is 76.1 cm³/mol. The minimum atomic E-state index is -0.511. The fourth-order valence-electron chi connectivity index (χ4n) is 3.09. The molecule has 1 heterocycles. The Morgan fingerprint density at radius 1 is 1.35 bits per heavy atom. The van der Waals surface area contributed by atoms with E-state index in [-0.39, 0.29) is 17.8 Å². The van der Waals surface area contributed by atoms with E-state index in [1.54, 1.807) is 4.90 Å². The van der Waals surface area contributed by atoms with Crippen LogP contribution >= 0.6 is 0 Å². The van der Waals surface area contributed by atoms with Crippen molar-refractivity contribution in [3.8, 4) is 0 Å². The summed E-state index contributed by atoms with van der Waals surface area (Å²) >= 11 is 0. The molecule has 1 aromatic rings. The van der Waals surface area contributed by atoms with Gasteiger partial charge < -0.3 is 4.74 Å². The van der Waals surface area contributed by atoms with Crippen LogP contribution in [0.1, 0.15) is 44.2 Å². The molecule has 0 bridgehead atoms. The molecule has 0 spiro atoms. The number of ether oxygens (including phenoxy) is 1. The van der Waals surface area contributed by atoms with Gasteiger partial charge in [-0.1, -0.05) is 12.1 Å². The van der Waals surface area contributed by atoms with Crippen molar-refractivity contribution in [2.45, 2.75) is 45.1 Å². The highest BCUT2D eigenvalue weighted by Gasteiger charge is 2.39. The summed E-state index contributed by atoms with van der Waals surface area (Å²) in [6.07, 6.45) is 0.693. The van der Waals surface area contributed by atoms with E-state index in [9.17, 15) is 9.59 Å². The molecular formula is C16H19NO3. The van der Waals surface area contributed by atoms with Gasteiger partial charge in [0.2, 0.25) is 0 Å². The van der Waals surface area contributed by atoms with Gasteiger partial charge in [0.05, 0.1) is 5.69 Å². The van der Waals surface area contributed by atoms with Crippen LogP contribution in [-0.2, 0) is 16.0 Å². The molecule has 0 N–H and O–H groups in total. The average molecular weight is 273 g/mol. The number of rotatable bonds is 0. The van der Waals surface area contributed by atoms with Gasteiger partial charge in [-0.05, 0) is 38.0 Å². The van der Waals surface area contributed by atoms with Crippen molar-refractivity contribution in [1.82, 2.24) is 0 Å². The summed E-state index contributed by atoms with van der Waals surface area (Å²) in [4.78, 5) is 25.8. The molecule has 0 saturated carbocycles. The van der Waals surface area contributed by atoms with Crippen LogP contribution < -0.4 is 4.90 Å². The lowest BCUT2D eigenvalue weighted by Crippen LogP contribution is -2.36. The van der Waals surface area contributed by atoms with Crippen molar-refractivity contribution in [2.75, 3.05) is 11.4 Å². The Morgan fingerprint density at radius 3 is 2.80 bits per heavy atom. The Balaban J connectivity index is 1.95. The molecule has 0 unspecified atom stereocenters. The number of benzene rings is 1. The third-order valence-corrected chi connectivity index (χ3v) is 3.75. The van der Waals surface area contributed by atoms with E-state index in [0.29, 0.717) is 19.4 Å². The van der Waals surface area contributed by atoms with Crippen LogP contribution in [0.25, 0.3) is 0 Å². The van der Waals surface area contributed by atoms with Gasteiger partial charge in [-0.3, -0.25) is 9.69 Å². The fourth-order valence-corrected chi connectivity index (χ4v) is 3.09. The second kappa shape index (κ2) is 4.33. The first-order valence-electron chi connectivity index (χ1n) is 6.99. The average Bonchev–Trinajstić information content (AvgIpc) is 2.67. The van der Waals surface area contributed by atoms with Gasteiger partial charge >= 0.3 is 6.09 Å². The zero-order valence-electron chi connectivity index (χ0n) is 12.1. The summed E-state index contributed by atoms with van der Waals surface area (Å²) in [6, 6.07) is 5.84. The maximum absolute atomic E-state index is 12.3. The van der Waals surface area contributed by atoms with Gasteiger partial charge in [0, 0.05) is 25.3 Å². The third kappa shape index (κ3) is 2.19. The Labute approximate surface area is 118 Å². The number of carbonyl (C=O) groups is 2. The molecule has 1 atom stereocenters. The van der Waals surface area contributed by atoms with E-state index in [4.69, 9.17) is 4.74 Å². The fraction of sp³-hybridized carbons (Fsp3) is 0.500. The first kappa shape index (κ1) is 13.2. The summed E-state index contributed by atoms with van der Waals surface area (Å²) in [5, 5.41) is 0. The minimum Gasteiger partial charge on any atom is -0.443 e. The molecule has 106 valence electrons. The first-order valence-corrected chi connectivity index (χ1v) is 6.99. The van der Waals surface area contributed by atoms with Crippen molar-refractivity contribution < 1.29 is 14.3 Å². The standard InChI is InChI=1S/C16H19NO3/c1-16(2,3)20-15(19)17-9-11-8-12(18)7-10-5-4-6-13(17)14(10)11/h4-6,11H,7-9H2,1-3H3/t11-/m0/s1. The molecule has 0 fully saturated rings. The molecule has 1 amide bonds. The normalized spacial score (nSPS) is 20.9. The zero-order valence-corrected chi connectivity index (χ0v) is 12.1. The molecule has 4 heteroatoms. The number of amides is 1. The summed E-state index contributed by atoms with van der Waals surface area (Å²) in [5.41, 5.74) is 2.63. The van der Waals surface area contributed by atoms with E-state index < -0.39 is 5.60 Å². The molecule has 2 aliphatic rings. The largest absolute Gasteiger partial charge is 0.443 e. The molecule has 1 aliphatic heterocycles. The molecule has 1 aliphatic carbocycles. The predicted octanol–water partition coefficient (Wildman–Crippen LogP) is 3.04. The highest BCUT2D eigenvalue weighted by molar-refractivity contribution is 5.94. The smallest absolute Gasteiger partial charge is 0.414 e. The Hall–Kier alpha value is -1.84. The second-order valence-corrected chi connectivity index (χ2v) is 6.56. The monoisotopic (exact) mass is 273 g/mol. The number of nitrogens with zero attached hydrogens (tertiary/aromatic N) is 1. The van der Waals surface area contributed by atoms with Gasteiger partial charge in [0.15, 0.2) is 0 Å². The number of ketones is 1. The van der Waals surface area contributed by atoms with Crippen molar-refractivity contribution in [2.24, 2.45) is 0 Å². The minimum absolute atomic E-state index is 0.134. The lowest BCUT2D eigenvalue weighted by molar-refractivity contribution is -0.119. The van der Waals surface area contributed by atoms with Crippen LogP contribution in [0.2, 0.25) is 0 Å². The van der Waals surface area contributed by atoms with Gasteiger partial charge in [-0.15, -0.1) is 0 Å². The molecule has 1 aromatic carbocycles. The first-order chi connectivity index (χ1) is 9.35. The number of Topliss-reactive ketones (excluding diaryl/α,β-unsaturated/α-hetero) is 1. The van der Waals surface area contributed by atoms with E-state index in [1.807, 2.05) is 39.0 Å². The number of hydrogen-bond donors (Lipinski definition) is 0. The summed E-state index contributed by atoms with van der Waals surface area (Å²) in [6.45, 7) is 6.12. The van der Waals surface area contributed by atoms with Gasteiger partial charge in [0.25, 0.3) is 0 Å². The Bertz CT molecular complexity index is 586. The van der Waals surface area contributed by atoms with Crippen LogP contribution in [0.5, 0.6) is 0 Å². The molecule has 20 heavy (non-hydrogen) atoms. The van der Waals surface area contributed by atoms with E-state index in [0.717, 1.165) is 16.8 Å². The van der Waals surface area contributed by atoms with Crippen LogP contribution in [0.3, 0.4) is 0 Å². The summed E-state index contributed by atoms with van der Waals surface area (Å²) < 4.78 is 5.46. The van der Waals surface area contributed by atoms with Crippen LogP contribution in [0.15, 0.2) is 18.2 Å². The number of hydrogen-bond acceptors (Lipinski definition) is 3. The lowest BCUT2D eigenvalue weighted by Gasteiger charge is -2.25. The molecule has 4 nitrogen and oxygen atoms in total. The number of anilines is 1. The van der Waals surface area contributed by atoms with Crippen molar-refractivity contribution >= 4 is 17.6 Å². The van der Waals surface area contributed by atoms with E-state index in [2.05, 4.69) is 0 Å². The van der Waals surface area contributed by atoms with Crippen LogP contribution in [0, 0.1) is 0 Å². The van der Waals surface area contributed by atoms with E-state index >= 15 is 0 Å². The second-order valence-electron chi connectivity index (χ2n) is 6.56. The van der Waals surface area contributed by atoms with Crippen molar-refractivity contribution in [3.05, 3.63) is 29.3 Å². The van der Waals surface area contributed by atoms with Crippen LogP contribution in [-0.4, -0.2) is 24.0 Å². The van der Waals surface area contributed by atoms with Crippen LogP contribution in [0.4, 0.5) is 10.5 Å². The SMILES string of the molecule is CC(C)(C)OC(=O)N1C[C@@H]2CC(=O)Cc3cccc1c32. The molecule has 0 saturated heterocycles. The molecule has 0 aromatic heterocycles. The van der Waals surface area contributed by atoms with E-state index in [1.165, 1.54) is 0 Å². The van der Waals surface area contributed by atoms with Gasteiger partial charge in [-0.2, -0.15) is 0 Å². The maximum Gasteiger partial charge on any atom is 0.414 e.